The van der Waals surface area contributed by atoms with Crippen molar-refractivity contribution in [3.8, 4) is 23.1 Å². The lowest BCUT2D eigenvalue weighted by atomic mass is 10.0. The van der Waals surface area contributed by atoms with E-state index in [2.05, 4.69) is 32.2 Å². The summed E-state index contributed by atoms with van der Waals surface area (Å²) in [5.74, 6) is 0.811. The third-order valence-corrected chi connectivity index (χ3v) is 3.29. The molecule has 0 aliphatic carbocycles. The molecule has 1 N–H and O–H groups in total. The number of rotatable bonds is 0. The zero-order valence-corrected chi connectivity index (χ0v) is 10.4. The topological polar surface area (TPSA) is 61.7 Å². The number of H-pyrrole nitrogens is 1. The average Bonchev–Trinajstić information content (AvgIpc) is 2.64. The van der Waals surface area contributed by atoms with Crippen LogP contribution in [0.25, 0.3) is 11.3 Å². The van der Waals surface area contributed by atoms with Crippen LogP contribution in [0.15, 0.2) is 22.7 Å². The first-order valence-corrected chi connectivity index (χ1v) is 5.99. The predicted octanol–water partition coefficient (Wildman–Crippen LogP) is 2.65. The minimum atomic E-state index is 0.458. The molecule has 17 heavy (non-hydrogen) atoms. The van der Waals surface area contributed by atoms with Gasteiger partial charge < -0.3 is 4.74 Å². The smallest absolute Gasteiger partial charge is 0.166 e. The van der Waals surface area contributed by atoms with Crippen LogP contribution in [0.5, 0.6) is 5.75 Å². The summed E-state index contributed by atoms with van der Waals surface area (Å²) in [5, 5.41) is 15.9. The van der Waals surface area contributed by atoms with Crippen LogP contribution in [-0.2, 0) is 6.42 Å². The number of aromatic amines is 1. The van der Waals surface area contributed by atoms with Crippen LogP contribution >= 0.6 is 15.9 Å². The molecule has 2 aromatic rings. The molecule has 0 atom stereocenters. The molecule has 84 valence electrons. The second-order valence-corrected chi connectivity index (χ2v) is 4.69. The molecule has 0 amide bonds. The number of nitrogens with zero attached hydrogens (tertiary/aromatic N) is 2. The van der Waals surface area contributed by atoms with E-state index in [1.54, 1.807) is 0 Å². The Hall–Kier alpha value is -1.80. The highest BCUT2D eigenvalue weighted by molar-refractivity contribution is 9.10. The zero-order chi connectivity index (χ0) is 11.8. The number of hydrogen-bond acceptors (Lipinski definition) is 3. The Labute approximate surface area is 106 Å². The maximum atomic E-state index is 8.99. The average molecular weight is 290 g/mol. The number of aromatic nitrogens is 2. The van der Waals surface area contributed by atoms with Crippen molar-refractivity contribution in [2.45, 2.75) is 6.42 Å². The molecular weight excluding hydrogens is 282 g/mol. The number of hydrogen-bond donors (Lipinski definition) is 1. The monoisotopic (exact) mass is 289 g/mol. The fraction of sp³-hybridized carbons (Fsp3) is 0.167. The largest absolute Gasteiger partial charge is 0.492 e. The van der Waals surface area contributed by atoms with E-state index in [9.17, 15) is 0 Å². The first kappa shape index (κ1) is 10.4. The second-order valence-electron chi connectivity index (χ2n) is 3.78. The van der Waals surface area contributed by atoms with Crippen LogP contribution in [0, 0.1) is 11.3 Å². The van der Waals surface area contributed by atoms with Crippen molar-refractivity contribution in [3.05, 3.63) is 33.9 Å². The summed E-state index contributed by atoms with van der Waals surface area (Å²) in [4.78, 5) is 0. The number of halogens is 1. The molecule has 1 aromatic heterocycles. The van der Waals surface area contributed by atoms with Gasteiger partial charge in [0.25, 0.3) is 0 Å². The van der Waals surface area contributed by atoms with Crippen molar-refractivity contribution < 1.29 is 4.74 Å². The molecule has 1 aliphatic heterocycles. The summed E-state index contributed by atoms with van der Waals surface area (Å²) < 4.78 is 6.65. The highest BCUT2D eigenvalue weighted by atomic mass is 79.9. The third-order valence-electron chi connectivity index (χ3n) is 2.80. The number of fused-ring (bicyclic) bond motifs is 3. The van der Waals surface area contributed by atoms with Gasteiger partial charge in [-0.3, -0.25) is 5.10 Å². The Kier molecular flexibility index (Phi) is 2.37. The van der Waals surface area contributed by atoms with Crippen LogP contribution in [-0.4, -0.2) is 16.8 Å². The summed E-state index contributed by atoms with van der Waals surface area (Å²) in [5.41, 5.74) is 3.24. The lowest BCUT2D eigenvalue weighted by Gasteiger charge is -2.06. The molecule has 0 radical (unpaired) electrons. The van der Waals surface area contributed by atoms with Gasteiger partial charge in [0.2, 0.25) is 0 Å². The van der Waals surface area contributed by atoms with Crippen molar-refractivity contribution in [1.29, 1.82) is 5.26 Å². The standard InChI is InChI=1S/C12H8BrN3O/c13-7-1-2-9-11(5-7)17-4-3-8-10(6-14)15-16-12(8)9/h1-2,5H,3-4H2,(H,15,16). The van der Waals surface area contributed by atoms with Crippen molar-refractivity contribution in [3.63, 3.8) is 0 Å². The van der Waals surface area contributed by atoms with Crippen LogP contribution in [0.1, 0.15) is 11.3 Å². The molecule has 3 rings (SSSR count). The number of ether oxygens (including phenoxy) is 1. The Morgan fingerprint density at radius 2 is 2.35 bits per heavy atom. The molecule has 2 heterocycles. The van der Waals surface area contributed by atoms with Crippen LogP contribution in [0.4, 0.5) is 0 Å². The molecule has 0 fully saturated rings. The van der Waals surface area contributed by atoms with E-state index < -0.39 is 0 Å². The van der Waals surface area contributed by atoms with Crippen LogP contribution in [0.2, 0.25) is 0 Å². The summed E-state index contributed by atoms with van der Waals surface area (Å²) >= 11 is 3.42. The van der Waals surface area contributed by atoms with Gasteiger partial charge in [-0.05, 0) is 18.2 Å². The van der Waals surface area contributed by atoms with Crippen molar-refractivity contribution in [2.24, 2.45) is 0 Å². The highest BCUT2D eigenvalue weighted by Gasteiger charge is 2.21. The van der Waals surface area contributed by atoms with Gasteiger partial charge in [-0.15, -0.1) is 0 Å². The Morgan fingerprint density at radius 3 is 3.18 bits per heavy atom. The molecule has 1 aliphatic rings. The molecule has 0 unspecified atom stereocenters. The van der Waals surface area contributed by atoms with E-state index in [1.165, 1.54) is 0 Å². The molecular formula is C12H8BrN3O. The van der Waals surface area contributed by atoms with Gasteiger partial charge in [-0.1, -0.05) is 15.9 Å². The maximum Gasteiger partial charge on any atom is 0.166 e. The van der Waals surface area contributed by atoms with Gasteiger partial charge in [-0.2, -0.15) is 10.4 Å². The summed E-state index contributed by atoms with van der Waals surface area (Å²) in [6, 6.07) is 7.94. The minimum Gasteiger partial charge on any atom is -0.492 e. The quantitative estimate of drug-likeness (QED) is 0.811. The third kappa shape index (κ3) is 1.61. The minimum absolute atomic E-state index is 0.458. The Balaban J connectivity index is 2.25. The van der Waals surface area contributed by atoms with E-state index in [1.807, 2.05) is 18.2 Å². The van der Waals surface area contributed by atoms with E-state index >= 15 is 0 Å². The molecule has 0 saturated heterocycles. The summed E-state index contributed by atoms with van der Waals surface area (Å²) in [6.45, 7) is 0.560. The number of nitriles is 1. The molecule has 0 bridgehead atoms. The molecule has 1 aromatic carbocycles. The lowest BCUT2D eigenvalue weighted by Crippen LogP contribution is -1.99. The molecule has 0 spiro atoms. The van der Waals surface area contributed by atoms with Crippen molar-refractivity contribution in [2.75, 3.05) is 6.61 Å². The maximum absolute atomic E-state index is 8.99. The normalized spacial score (nSPS) is 12.9. The highest BCUT2D eigenvalue weighted by Crippen LogP contribution is 2.36. The fourth-order valence-electron chi connectivity index (χ4n) is 2.01. The van der Waals surface area contributed by atoms with Gasteiger partial charge in [0, 0.05) is 22.0 Å². The number of benzene rings is 1. The van der Waals surface area contributed by atoms with Gasteiger partial charge in [0.1, 0.15) is 11.8 Å². The first-order chi connectivity index (χ1) is 8.29. The van der Waals surface area contributed by atoms with E-state index in [-0.39, 0.29) is 0 Å². The van der Waals surface area contributed by atoms with E-state index in [0.29, 0.717) is 18.7 Å². The van der Waals surface area contributed by atoms with Gasteiger partial charge in [-0.25, -0.2) is 0 Å². The van der Waals surface area contributed by atoms with Gasteiger partial charge in [0.05, 0.1) is 12.3 Å². The zero-order valence-electron chi connectivity index (χ0n) is 8.83. The van der Waals surface area contributed by atoms with Crippen LogP contribution < -0.4 is 4.74 Å². The Morgan fingerprint density at radius 1 is 1.47 bits per heavy atom. The number of nitrogens with one attached hydrogen (secondary N) is 1. The SMILES string of the molecule is N#Cc1n[nH]c2c1CCOc1cc(Br)ccc1-2. The van der Waals surface area contributed by atoms with Crippen LogP contribution in [0.3, 0.4) is 0 Å². The van der Waals surface area contributed by atoms with Crippen molar-refractivity contribution >= 4 is 15.9 Å². The second kappa shape index (κ2) is 3.90. The summed E-state index contributed by atoms with van der Waals surface area (Å²) in [7, 11) is 0. The van der Waals surface area contributed by atoms with E-state index in [0.717, 1.165) is 27.0 Å². The molecule has 0 saturated carbocycles. The Bertz CT molecular complexity index is 627. The molecule has 5 heteroatoms. The first-order valence-electron chi connectivity index (χ1n) is 5.19. The molecule has 4 nitrogen and oxygen atoms in total. The fourth-order valence-corrected chi connectivity index (χ4v) is 2.35. The van der Waals surface area contributed by atoms with Gasteiger partial charge >= 0.3 is 0 Å². The van der Waals surface area contributed by atoms with Gasteiger partial charge in [0.15, 0.2) is 5.69 Å². The van der Waals surface area contributed by atoms with Crippen molar-refractivity contribution in [1.82, 2.24) is 10.2 Å². The van der Waals surface area contributed by atoms with E-state index in [4.69, 9.17) is 10.00 Å². The lowest BCUT2D eigenvalue weighted by molar-refractivity contribution is 0.326. The predicted molar refractivity (Wildman–Crippen MR) is 65.6 cm³/mol. The summed E-state index contributed by atoms with van der Waals surface area (Å²) in [6.07, 6.45) is 0.695.